The number of sulfonamides is 1. The minimum Gasteiger partial charge on any atom is -0.352 e. The van der Waals surface area contributed by atoms with E-state index in [9.17, 15) is 21.6 Å². The monoisotopic (exact) mass is 422 g/mol. The number of aromatic amines is 1. The maximum absolute atomic E-state index is 14.4. The number of rotatable bonds is 6. The van der Waals surface area contributed by atoms with Gasteiger partial charge in [-0.05, 0) is 73.1 Å². The maximum Gasteiger partial charge on any atom is 0.211 e. The van der Waals surface area contributed by atoms with Crippen LogP contribution in [0.1, 0.15) is 31.2 Å². The van der Waals surface area contributed by atoms with E-state index in [1.165, 1.54) is 18.2 Å². The number of hydrogen-bond donors (Lipinski definition) is 2. The minimum absolute atomic E-state index is 0.0267. The Kier molecular flexibility index (Phi) is 5.16. The highest BCUT2D eigenvalue weighted by molar-refractivity contribution is 7.89. The zero-order valence-corrected chi connectivity index (χ0v) is 16.6. The molecule has 4 nitrogen and oxygen atoms in total. The van der Waals surface area contributed by atoms with E-state index >= 15 is 0 Å². The lowest BCUT2D eigenvalue weighted by Gasteiger charge is -2.36. The van der Waals surface area contributed by atoms with Gasteiger partial charge in [0.1, 0.15) is 17.5 Å². The summed E-state index contributed by atoms with van der Waals surface area (Å²) in [6.45, 7) is 1.93. The molecule has 0 aliphatic heterocycles. The first-order valence-electron chi connectivity index (χ1n) is 9.51. The van der Waals surface area contributed by atoms with Gasteiger partial charge in [-0.3, -0.25) is 0 Å². The number of aromatic nitrogens is 1. The van der Waals surface area contributed by atoms with Crippen LogP contribution in [0, 0.1) is 23.4 Å². The molecule has 154 valence electrons. The highest BCUT2D eigenvalue weighted by Gasteiger charge is 2.35. The minimum atomic E-state index is -3.25. The van der Waals surface area contributed by atoms with Gasteiger partial charge in [-0.1, -0.05) is 0 Å². The highest BCUT2D eigenvalue weighted by Crippen LogP contribution is 2.48. The molecule has 4 rings (SSSR count). The molecule has 0 radical (unpaired) electrons. The van der Waals surface area contributed by atoms with Crippen LogP contribution in [0.15, 0.2) is 36.4 Å². The van der Waals surface area contributed by atoms with Crippen LogP contribution >= 0.6 is 0 Å². The molecule has 8 heteroatoms. The van der Waals surface area contributed by atoms with E-state index in [0.717, 1.165) is 11.6 Å². The van der Waals surface area contributed by atoms with E-state index in [-0.39, 0.29) is 28.9 Å². The van der Waals surface area contributed by atoms with Crippen molar-refractivity contribution in [1.29, 1.82) is 0 Å². The van der Waals surface area contributed by atoms with Gasteiger partial charge in [0.25, 0.3) is 0 Å². The van der Waals surface area contributed by atoms with E-state index in [1.807, 2.05) is 0 Å². The van der Waals surface area contributed by atoms with Crippen molar-refractivity contribution in [2.45, 2.75) is 25.7 Å². The van der Waals surface area contributed by atoms with Gasteiger partial charge in [0, 0.05) is 18.0 Å². The van der Waals surface area contributed by atoms with E-state index in [4.69, 9.17) is 0 Å². The Hall–Kier alpha value is -2.32. The molecule has 1 aliphatic rings. The second-order valence-corrected chi connectivity index (χ2v) is 9.61. The van der Waals surface area contributed by atoms with Crippen LogP contribution in [-0.2, 0) is 10.0 Å². The number of H-pyrrole nitrogens is 1. The summed E-state index contributed by atoms with van der Waals surface area (Å²) in [6, 6.07) is 7.99. The van der Waals surface area contributed by atoms with Crippen molar-refractivity contribution in [3.8, 4) is 11.3 Å². The summed E-state index contributed by atoms with van der Waals surface area (Å²) in [5.41, 5.74) is 2.34. The molecule has 2 aromatic carbocycles. The van der Waals surface area contributed by atoms with Gasteiger partial charge in [0.2, 0.25) is 10.0 Å². The van der Waals surface area contributed by atoms with Gasteiger partial charge < -0.3 is 4.98 Å². The van der Waals surface area contributed by atoms with Gasteiger partial charge >= 0.3 is 0 Å². The van der Waals surface area contributed by atoms with Crippen LogP contribution in [0.3, 0.4) is 0 Å². The summed E-state index contributed by atoms with van der Waals surface area (Å²) < 4.78 is 67.5. The molecule has 0 atom stereocenters. The van der Waals surface area contributed by atoms with Gasteiger partial charge in [-0.25, -0.2) is 26.3 Å². The molecule has 1 heterocycles. The van der Waals surface area contributed by atoms with Gasteiger partial charge in [0.15, 0.2) is 0 Å². The number of benzene rings is 2. The summed E-state index contributed by atoms with van der Waals surface area (Å²) in [6.07, 6.45) is 1.40. The first-order valence-corrected chi connectivity index (χ1v) is 11.2. The molecule has 3 aromatic rings. The Morgan fingerprint density at radius 1 is 1.07 bits per heavy atom. The van der Waals surface area contributed by atoms with Crippen LogP contribution in [0.4, 0.5) is 13.2 Å². The van der Waals surface area contributed by atoms with Crippen LogP contribution < -0.4 is 4.72 Å². The maximum atomic E-state index is 14.4. The van der Waals surface area contributed by atoms with E-state index in [2.05, 4.69) is 9.71 Å². The SMILES string of the molecule is CCS(=O)(=O)NC[C@H]1C[C@H](c2c(-c3ccc(F)cc3)[nH]c3c(F)cc(F)cc32)C1. The summed E-state index contributed by atoms with van der Waals surface area (Å²) in [7, 11) is -3.25. The van der Waals surface area contributed by atoms with E-state index in [1.54, 1.807) is 19.1 Å². The van der Waals surface area contributed by atoms with Gasteiger partial charge in [-0.2, -0.15) is 0 Å². The third-order valence-corrected chi connectivity index (χ3v) is 6.98. The van der Waals surface area contributed by atoms with Crippen molar-refractivity contribution in [1.82, 2.24) is 9.71 Å². The first kappa shape index (κ1) is 20.0. The Balaban J connectivity index is 1.68. The number of nitrogens with one attached hydrogen (secondary N) is 2. The summed E-state index contributed by atoms with van der Waals surface area (Å²) >= 11 is 0. The number of fused-ring (bicyclic) bond motifs is 1. The summed E-state index contributed by atoms with van der Waals surface area (Å²) in [4.78, 5) is 3.05. The third kappa shape index (κ3) is 3.91. The van der Waals surface area contributed by atoms with Crippen molar-refractivity contribution < 1.29 is 21.6 Å². The molecule has 0 bridgehead atoms. The molecule has 1 fully saturated rings. The van der Waals surface area contributed by atoms with Crippen LogP contribution in [-0.4, -0.2) is 25.7 Å². The molecule has 0 spiro atoms. The van der Waals surface area contributed by atoms with Crippen molar-refractivity contribution >= 4 is 20.9 Å². The molecule has 0 unspecified atom stereocenters. The fourth-order valence-corrected chi connectivity index (χ4v) is 4.69. The molecule has 0 saturated heterocycles. The Morgan fingerprint density at radius 3 is 2.41 bits per heavy atom. The van der Waals surface area contributed by atoms with Crippen molar-refractivity contribution in [2.24, 2.45) is 5.92 Å². The molecule has 1 aliphatic carbocycles. The zero-order chi connectivity index (χ0) is 20.8. The number of hydrogen-bond acceptors (Lipinski definition) is 2. The predicted molar refractivity (Wildman–Crippen MR) is 107 cm³/mol. The van der Waals surface area contributed by atoms with Crippen LogP contribution in [0.2, 0.25) is 0 Å². The smallest absolute Gasteiger partial charge is 0.211 e. The highest BCUT2D eigenvalue weighted by atomic mass is 32.2. The van der Waals surface area contributed by atoms with E-state index in [0.29, 0.717) is 36.0 Å². The topological polar surface area (TPSA) is 62.0 Å². The lowest BCUT2D eigenvalue weighted by atomic mass is 9.70. The molecule has 1 saturated carbocycles. The average molecular weight is 422 g/mol. The average Bonchev–Trinajstić information content (AvgIpc) is 3.00. The second kappa shape index (κ2) is 7.50. The molecule has 0 amide bonds. The van der Waals surface area contributed by atoms with Crippen molar-refractivity contribution in [3.05, 3.63) is 59.4 Å². The first-order chi connectivity index (χ1) is 13.8. The lowest BCUT2D eigenvalue weighted by Crippen LogP contribution is -2.36. The predicted octanol–water partition coefficient (Wildman–Crippen LogP) is 4.69. The zero-order valence-electron chi connectivity index (χ0n) is 15.8. The summed E-state index contributed by atoms with van der Waals surface area (Å²) in [5.74, 6) is -1.50. The fraction of sp³-hybridized carbons (Fsp3) is 0.333. The third-order valence-electron chi connectivity index (χ3n) is 5.61. The van der Waals surface area contributed by atoms with Gasteiger partial charge in [-0.15, -0.1) is 0 Å². The quantitative estimate of drug-likeness (QED) is 0.606. The molecule has 1 aromatic heterocycles. The standard InChI is InChI=1S/C21H21F3N2O2S/c1-2-29(27,28)25-11-12-7-14(8-12)19-17-9-16(23)10-18(24)21(17)26-20(19)13-3-5-15(22)6-4-13/h3-6,9-10,12,14,25-26H,2,7-8,11H2,1H3/t12-,14-. The second-order valence-electron chi connectivity index (χ2n) is 7.52. The Bertz CT molecular complexity index is 1150. The summed E-state index contributed by atoms with van der Waals surface area (Å²) in [5, 5.41) is 0.472. The molecule has 2 N–H and O–H groups in total. The van der Waals surface area contributed by atoms with Crippen molar-refractivity contribution in [2.75, 3.05) is 12.3 Å². The van der Waals surface area contributed by atoms with Crippen LogP contribution in [0.25, 0.3) is 22.2 Å². The fourth-order valence-electron chi connectivity index (χ4n) is 3.99. The van der Waals surface area contributed by atoms with E-state index < -0.39 is 21.7 Å². The Morgan fingerprint density at radius 2 is 1.76 bits per heavy atom. The lowest BCUT2D eigenvalue weighted by molar-refractivity contribution is 0.267. The van der Waals surface area contributed by atoms with Gasteiger partial charge in [0.05, 0.1) is 17.0 Å². The normalized spacial score (nSPS) is 19.4. The molecule has 29 heavy (non-hydrogen) atoms. The molecular formula is C21H21F3N2O2S. The number of halogens is 3. The molecular weight excluding hydrogens is 401 g/mol. The van der Waals surface area contributed by atoms with Crippen LogP contribution in [0.5, 0.6) is 0 Å². The van der Waals surface area contributed by atoms with Crippen molar-refractivity contribution in [3.63, 3.8) is 0 Å². The Labute approximate surface area is 167 Å². The largest absolute Gasteiger partial charge is 0.352 e.